The Hall–Kier alpha value is -2.40. The van der Waals surface area contributed by atoms with E-state index in [0.717, 1.165) is 0 Å². The Bertz CT molecular complexity index is 794. The molecule has 0 unspecified atom stereocenters. The third-order valence-electron chi connectivity index (χ3n) is 2.69. The number of hydrogen-bond donors (Lipinski definition) is 1. The number of nitrogens with two attached hydrogens (primary N) is 1. The zero-order valence-corrected chi connectivity index (χ0v) is 10.9. The highest BCUT2D eigenvalue weighted by Gasteiger charge is 2.12. The normalized spacial score (nSPS) is 10.7. The molecule has 0 aliphatic carbocycles. The largest absolute Gasteiger partial charge is 0.433 e. The minimum atomic E-state index is -0.663. The number of nitrogens with zero attached hydrogens (tertiary/aromatic N) is 2. The lowest BCUT2D eigenvalue weighted by Crippen LogP contribution is -2.00. The number of rotatable bonds is 2. The van der Waals surface area contributed by atoms with E-state index in [2.05, 4.69) is 9.97 Å². The van der Waals surface area contributed by atoms with Crippen LogP contribution in [0.3, 0.4) is 0 Å². The molecular weight excluding hydrogens is 281 g/mol. The Morgan fingerprint density at radius 2 is 1.70 bits per heavy atom. The van der Waals surface area contributed by atoms with Gasteiger partial charge in [-0.2, -0.15) is 0 Å². The van der Waals surface area contributed by atoms with Crippen molar-refractivity contribution in [1.82, 2.24) is 9.97 Å². The van der Waals surface area contributed by atoms with Crippen LogP contribution in [0.4, 0.5) is 10.2 Å². The molecule has 0 atom stereocenters. The molecule has 0 radical (unpaired) electrons. The summed E-state index contributed by atoms with van der Waals surface area (Å²) in [6.45, 7) is 0. The van der Waals surface area contributed by atoms with Gasteiger partial charge in [-0.1, -0.05) is 29.8 Å². The fourth-order valence-electron chi connectivity index (χ4n) is 1.74. The maximum Gasteiger partial charge on any atom is 0.263 e. The summed E-state index contributed by atoms with van der Waals surface area (Å²) in [6.07, 6.45) is 0. The third-order valence-corrected chi connectivity index (χ3v) is 2.98. The van der Waals surface area contributed by atoms with Crippen molar-refractivity contribution in [2.24, 2.45) is 0 Å². The number of ether oxygens (including phenoxy) is 1. The summed E-state index contributed by atoms with van der Waals surface area (Å²) in [6, 6.07) is 11.6. The lowest BCUT2D eigenvalue weighted by Gasteiger charge is -2.09. The first-order chi connectivity index (χ1) is 9.65. The molecule has 1 aromatic heterocycles. The summed E-state index contributed by atoms with van der Waals surface area (Å²) in [7, 11) is 0. The van der Waals surface area contributed by atoms with Gasteiger partial charge in [0.25, 0.3) is 5.88 Å². The predicted octanol–water partition coefficient (Wildman–Crippen LogP) is 3.80. The van der Waals surface area contributed by atoms with Gasteiger partial charge in [0.2, 0.25) is 0 Å². The van der Waals surface area contributed by atoms with E-state index in [1.165, 1.54) is 12.1 Å². The highest BCUT2D eigenvalue weighted by atomic mass is 35.5. The molecule has 2 N–H and O–H groups in total. The number of para-hydroxylation sites is 2. The van der Waals surface area contributed by atoms with Crippen LogP contribution in [-0.2, 0) is 0 Å². The number of nitrogen functional groups attached to an aromatic ring is 1. The first kappa shape index (κ1) is 12.6. The van der Waals surface area contributed by atoms with Crippen LogP contribution in [0.15, 0.2) is 42.5 Å². The lowest BCUT2D eigenvalue weighted by molar-refractivity contribution is 0.430. The lowest BCUT2D eigenvalue weighted by atomic mass is 10.3. The quantitative estimate of drug-likeness (QED) is 0.779. The summed E-state index contributed by atoms with van der Waals surface area (Å²) in [5.41, 5.74) is 7.02. The van der Waals surface area contributed by atoms with Crippen molar-refractivity contribution in [2.45, 2.75) is 0 Å². The number of hydrogen-bond acceptors (Lipinski definition) is 4. The van der Waals surface area contributed by atoms with Gasteiger partial charge >= 0.3 is 0 Å². The van der Waals surface area contributed by atoms with Crippen LogP contribution in [-0.4, -0.2) is 9.97 Å². The maximum absolute atomic E-state index is 13.8. The third kappa shape index (κ3) is 2.23. The van der Waals surface area contributed by atoms with Crippen molar-refractivity contribution < 1.29 is 9.13 Å². The van der Waals surface area contributed by atoms with E-state index in [1.54, 1.807) is 18.2 Å². The summed E-state index contributed by atoms with van der Waals surface area (Å²) >= 11 is 5.69. The Morgan fingerprint density at radius 1 is 1.00 bits per heavy atom. The zero-order chi connectivity index (χ0) is 14.1. The second-order valence-electron chi connectivity index (χ2n) is 4.06. The molecule has 2 aromatic carbocycles. The van der Waals surface area contributed by atoms with Crippen molar-refractivity contribution in [3.63, 3.8) is 0 Å². The van der Waals surface area contributed by atoms with Crippen LogP contribution in [0.25, 0.3) is 11.0 Å². The van der Waals surface area contributed by atoms with E-state index in [-0.39, 0.29) is 22.5 Å². The smallest absolute Gasteiger partial charge is 0.263 e. The van der Waals surface area contributed by atoms with Gasteiger partial charge in [-0.25, -0.2) is 14.4 Å². The summed E-state index contributed by atoms with van der Waals surface area (Å²) < 4.78 is 19.2. The van der Waals surface area contributed by atoms with E-state index in [4.69, 9.17) is 22.1 Å². The van der Waals surface area contributed by atoms with Crippen LogP contribution in [0.1, 0.15) is 0 Å². The first-order valence-electron chi connectivity index (χ1n) is 5.79. The molecule has 0 spiro atoms. The molecule has 0 saturated carbocycles. The van der Waals surface area contributed by atoms with E-state index in [9.17, 15) is 4.39 Å². The van der Waals surface area contributed by atoms with Crippen LogP contribution in [0.2, 0.25) is 5.02 Å². The van der Waals surface area contributed by atoms with Crippen molar-refractivity contribution >= 4 is 28.5 Å². The van der Waals surface area contributed by atoms with Crippen molar-refractivity contribution in [3.8, 4) is 11.6 Å². The minimum absolute atomic E-state index is 0.0326. The maximum atomic E-state index is 13.8. The van der Waals surface area contributed by atoms with Crippen molar-refractivity contribution in [3.05, 3.63) is 53.3 Å². The molecule has 100 valence electrons. The van der Waals surface area contributed by atoms with Crippen LogP contribution < -0.4 is 10.5 Å². The van der Waals surface area contributed by atoms with Crippen molar-refractivity contribution in [1.29, 1.82) is 0 Å². The number of anilines is 1. The van der Waals surface area contributed by atoms with Gasteiger partial charge in [-0.15, -0.1) is 0 Å². The average molecular weight is 290 g/mol. The van der Waals surface area contributed by atoms with Crippen molar-refractivity contribution in [2.75, 3.05) is 5.73 Å². The van der Waals surface area contributed by atoms with Gasteiger partial charge in [-0.05, 0) is 24.3 Å². The molecule has 0 fully saturated rings. The molecule has 0 bridgehead atoms. The monoisotopic (exact) mass is 289 g/mol. The number of benzene rings is 2. The molecule has 3 rings (SSSR count). The van der Waals surface area contributed by atoms with Gasteiger partial charge in [0.05, 0.1) is 16.1 Å². The van der Waals surface area contributed by atoms with Gasteiger partial charge < -0.3 is 10.5 Å². The zero-order valence-electron chi connectivity index (χ0n) is 10.2. The topological polar surface area (TPSA) is 61.0 Å². The van der Waals surface area contributed by atoms with Crippen LogP contribution in [0.5, 0.6) is 11.6 Å². The van der Waals surface area contributed by atoms with E-state index >= 15 is 0 Å². The van der Waals surface area contributed by atoms with E-state index < -0.39 is 5.82 Å². The average Bonchev–Trinajstić information content (AvgIpc) is 2.44. The highest BCUT2D eigenvalue weighted by molar-refractivity contribution is 6.30. The number of fused-ring (bicyclic) bond motifs is 1. The molecule has 0 saturated heterocycles. The summed E-state index contributed by atoms with van der Waals surface area (Å²) in [5, 5.41) is -0.0326. The molecule has 20 heavy (non-hydrogen) atoms. The molecule has 4 nitrogen and oxygen atoms in total. The van der Waals surface area contributed by atoms with E-state index in [1.807, 2.05) is 12.1 Å². The summed E-state index contributed by atoms with van der Waals surface area (Å²) in [5.74, 6) is -0.578. The first-order valence-corrected chi connectivity index (χ1v) is 6.17. The predicted molar refractivity (Wildman–Crippen MR) is 75.4 cm³/mol. The SMILES string of the molecule is Nc1nc2ccccc2nc1Oc1cccc(Cl)c1F. The van der Waals surface area contributed by atoms with Gasteiger partial charge in [0, 0.05) is 0 Å². The molecule has 0 aliphatic heterocycles. The van der Waals surface area contributed by atoms with Crippen LogP contribution in [0, 0.1) is 5.82 Å². The number of aromatic nitrogens is 2. The second kappa shape index (κ2) is 4.94. The van der Waals surface area contributed by atoms with Crippen LogP contribution >= 0.6 is 11.6 Å². The Kier molecular flexibility index (Phi) is 3.12. The standard InChI is InChI=1S/C14H9ClFN3O/c15-8-4-3-7-11(12(8)16)20-14-13(17)18-9-5-1-2-6-10(9)19-14/h1-7H,(H2,17,18). The Balaban J connectivity index is 2.06. The molecule has 0 amide bonds. The summed E-state index contributed by atoms with van der Waals surface area (Å²) in [4.78, 5) is 8.38. The minimum Gasteiger partial charge on any atom is -0.433 e. The molecule has 3 aromatic rings. The Labute approximate surface area is 119 Å². The van der Waals surface area contributed by atoms with Gasteiger partial charge in [-0.3, -0.25) is 0 Å². The van der Waals surface area contributed by atoms with Gasteiger partial charge in [0.1, 0.15) is 0 Å². The Morgan fingerprint density at radius 3 is 2.45 bits per heavy atom. The molecule has 6 heteroatoms. The highest BCUT2D eigenvalue weighted by Crippen LogP contribution is 2.30. The number of halogens is 2. The van der Waals surface area contributed by atoms with E-state index in [0.29, 0.717) is 11.0 Å². The molecular formula is C14H9ClFN3O. The molecule has 1 heterocycles. The fourth-order valence-corrected chi connectivity index (χ4v) is 1.91. The molecule has 0 aliphatic rings. The van der Waals surface area contributed by atoms with Gasteiger partial charge in [0.15, 0.2) is 17.4 Å². The fraction of sp³-hybridized carbons (Fsp3) is 0. The second-order valence-corrected chi connectivity index (χ2v) is 4.46.